The predicted molar refractivity (Wildman–Crippen MR) is 98.0 cm³/mol. The van der Waals surface area contributed by atoms with Gasteiger partial charge >= 0.3 is 0 Å². The second-order valence-corrected chi connectivity index (χ2v) is 8.41. The Labute approximate surface area is 166 Å². The lowest BCUT2D eigenvalue weighted by Crippen LogP contribution is -3.00. The normalized spacial score (nSPS) is 37.2. The Morgan fingerprint density at radius 3 is 2.65 bits per heavy atom. The number of aromatic nitrogens is 1. The molecule has 138 valence electrons. The molecule has 2 aromatic rings. The number of hydrogen-bond acceptors (Lipinski definition) is 2. The van der Waals surface area contributed by atoms with E-state index in [0.29, 0.717) is 17.6 Å². The standard InChI is InChI=1S/C22H27N2O.BrH/c1-22-18-10-11-19(22)20(25-21-9-5-6-13-23-21)16-24(22,14-12-18)15-17-7-3-2-4-8-17;/h2-9,13,18-20H,10-12,14-16H2,1H3;1H/q+1;/p-1/t18-,19+,20+,22+,24+;/m0./s1. The minimum absolute atomic E-state index is 0. The number of halogens is 1. The fourth-order valence-electron chi connectivity index (χ4n) is 6.35. The van der Waals surface area contributed by atoms with Gasteiger partial charge in [-0.1, -0.05) is 36.4 Å². The van der Waals surface area contributed by atoms with Gasteiger partial charge in [-0.3, -0.25) is 0 Å². The summed E-state index contributed by atoms with van der Waals surface area (Å²) in [6.07, 6.45) is 6.20. The third-order valence-electron chi connectivity index (χ3n) is 7.55. The molecule has 3 nitrogen and oxygen atoms in total. The molecule has 3 fully saturated rings. The first kappa shape index (κ1) is 18.0. The first-order valence-corrected chi connectivity index (χ1v) is 9.69. The van der Waals surface area contributed by atoms with Crippen LogP contribution in [0, 0.1) is 11.8 Å². The molecular formula is C22H27BrN2O. The highest BCUT2D eigenvalue weighted by Crippen LogP contribution is 2.61. The molecule has 0 unspecified atom stereocenters. The molecule has 5 atom stereocenters. The molecular weight excluding hydrogens is 388 g/mol. The lowest BCUT2D eigenvalue weighted by molar-refractivity contribution is -0.965. The van der Waals surface area contributed by atoms with E-state index in [9.17, 15) is 0 Å². The van der Waals surface area contributed by atoms with Crippen molar-refractivity contribution >= 4 is 0 Å². The van der Waals surface area contributed by atoms with Crippen LogP contribution in [0.4, 0.5) is 0 Å². The molecule has 1 aromatic carbocycles. The summed E-state index contributed by atoms with van der Waals surface area (Å²) in [5, 5.41) is 0. The number of benzene rings is 1. The summed E-state index contributed by atoms with van der Waals surface area (Å²) in [4.78, 5) is 4.42. The van der Waals surface area contributed by atoms with Crippen LogP contribution in [0.15, 0.2) is 54.7 Å². The van der Waals surface area contributed by atoms with E-state index in [1.807, 2.05) is 24.4 Å². The zero-order valence-corrected chi connectivity index (χ0v) is 16.9. The van der Waals surface area contributed by atoms with Gasteiger partial charge in [0.1, 0.15) is 18.6 Å². The summed E-state index contributed by atoms with van der Waals surface area (Å²) in [5.41, 5.74) is 1.84. The molecule has 2 saturated heterocycles. The molecule has 3 aliphatic rings. The Bertz CT molecular complexity index is 755. The lowest BCUT2D eigenvalue weighted by atomic mass is 9.83. The van der Waals surface area contributed by atoms with E-state index in [2.05, 4.69) is 42.2 Å². The van der Waals surface area contributed by atoms with Crippen molar-refractivity contribution in [2.24, 2.45) is 11.8 Å². The fraction of sp³-hybridized carbons (Fsp3) is 0.500. The average Bonchev–Trinajstić information content (AvgIpc) is 3.20. The van der Waals surface area contributed by atoms with Gasteiger partial charge in [-0.2, -0.15) is 0 Å². The molecule has 5 rings (SSSR count). The maximum Gasteiger partial charge on any atom is 0.213 e. The van der Waals surface area contributed by atoms with E-state index in [-0.39, 0.29) is 17.0 Å². The molecule has 2 aliphatic heterocycles. The molecule has 3 heterocycles. The number of nitrogens with zero attached hydrogens (tertiary/aromatic N) is 2. The summed E-state index contributed by atoms with van der Waals surface area (Å²) in [7, 11) is 0. The van der Waals surface area contributed by atoms with Crippen molar-refractivity contribution in [2.75, 3.05) is 13.1 Å². The SMILES string of the molecule is C[C@@]12[C@H]3CC[C@@H]1[C@H](Oc1ccccn1)C[N@+]2(Cc1ccccc1)CC3.[Br-]. The van der Waals surface area contributed by atoms with Crippen molar-refractivity contribution < 1.29 is 26.2 Å². The van der Waals surface area contributed by atoms with E-state index in [0.717, 1.165) is 24.9 Å². The molecule has 0 radical (unpaired) electrons. The van der Waals surface area contributed by atoms with Crippen LogP contribution in [0.2, 0.25) is 0 Å². The molecule has 0 N–H and O–H groups in total. The maximum atomic E-state index is 6.44. The predicted octanol–water partition coefficient (Wildman–Crippen LogP) is 1.05. The molecule has 4 heteroatoms. The summed E-state index contributed by atoms with van der Waals surface area (Å²) < 4.78 is 7.66. The van der Waals surface area contributed by atoms with Crippen LogP contribution < -0.4 is 21.7 Å². The van der Waals surface area contributed by atoms with Crippen LogP contribution in [0.25, 0.3) is 0 Å². The van der Waals surface area contributed by atoms with Crippen LogP contribution in [-0.4, -0.2) is 34.2 Å². The van der Waals surface area contributed by atoms with E-state index >= 15 is 0 Å². The Kier molecular flexibility index (Phi) is 4.60. The van der Waals surface area contributed by atoms with E-state index in [1.54, 1.807) is 0 Å². The van der Waals surface area contributed by atoms with Crippen LogP contribution in [0.1, 0.15) is 31.7 Å². The van der Waals surface area contributed by atoms with Crippen molar-refractivity contribution in [3.8, 4) is 5.88 Å². The smallest absolute Gasteiger partial charge is 0.213 e. The molecule has 26 heavy (non-hydrogen) atoms. The average molecular weight is 415 g/mol. The summed E-state index contributed by atoms with van der Waals surface area (Å²) >= 11 is 0. The van der Waals surface area contributed by atoms with Gasteiger partial charge in [0.15, 0.2) is 6.10 Å². The number of pyridine rings is 1. The summed E-state index contributed by atoms with van der Waals surface area (Å²) in [5.74, 6) is 2.31. The molecule has 1 aliphatic carbocycles. The summed E-state index contributed by atoms with van der Waals surface area (Å²) in [6, 6.07) is 17.0. The van der Waals surface area contributed by atoms with E-state index in [1.165, 1.54) is 35.9 Å². The van der Waals surface area contributed by atoms with Gasteiger partial charge < -0.3 is 26.2 Å². The second-order valence-electron chi connectivity index (χ2n) is 8.41. The number of hydrogen-bond donors (Lipinski definition) is 0. The number of quaternary nitrogens is 1. The van der Waals surface area contributed by atoms with Crippen LogP contribution in [0.5, 0.6) is 5.88 Å². The largest absolute Gasteiger partial charge is 1.00 e. The summed E-state index contributed by atoms with van der Waals surface area (Å²) in [6.45, 7) is 6.14. The minimum Gasteiger partial charge on any atom is -1.00 e. The van der Waals surface area contributed by atoms with E-state index < -0.39 is 0 Å². The van der Waals surface area contributed by atoms with Gasteiger partial charge in [-0.25, -0.2) is 4.98 Å². The van der Waals surface area contributed by atoms with Gasteiger partial charge in [0.05, 0.1) is 12.5 Å². The Balaban J connectivity index is 0.00000168. The third kappa shape index (κ3) is 2.53. The highest BCUT2D eigenvalue weighted by Gasteiger charge is 2.71. The van der Waals surface area contributed by atoms with Gasteiger partial charge in [0.25, 0.3) is 0 Å². The highest BCUT2D eigenvalue weighted by atomic mass is 79.9. The van der Waals surface area contributed by atoms with Crippen molar-refractivity contribution in [3.05, 3.63) is 60.3 Å². The molecule has 0 bridgehead atoms. The van der Waals surface area contributed by atoms with Gasteiger partial charge in [0, 0.05) is 30.2 Å². The molecule has 1 saturated carbocycles. The monoisotopic (exact) mass is 414 g/mol. The highest BCUT2D eigenvalue weighted by molar-refractivity contribution is 5.17. The third-order valence-corrected chi connectivity index (χ3v) is 7.55. The zero-order chi connectivity index (χ0) is 16.9. The second kappa shape index (κ2) is 6.65. The fourth-order valence-corrected chi connectivity index (χ4v) is 6.35. The topological polar surface area (TPSA) is 22.1 Å². The van der Waals surface area contributed by atoms with E-state index in [4.69, 9.17) is 4.74 Å². The van der Waals surface area contributed by atoms with Crippen molar-refractivity contribution in [3.63, 3.8) is 0 Å². The molecule has 0 spiro atoms. The van der Waals surface area contributed by atoms with Crippen LogP contribution >= 0.6 is 0 Å². The van der Waals surface area contributed by atoms with Gasteiger partial charge in [0.2, 0.25) is 5.88 Å². The van der Waals surface area contributed by atoms with Gasteiger partial charge in [-0.15, -0.1) is 0 Å². The quantitative estimate of drug-likeness (QED) is 0.697. The lowest BCUT2D eigenvalue weighted by Gasteiger charge is -2.43. The Morgan fingerprint density at radius 2 is 1.88 bits per heavy atom. The van der Waals surface area contributed by atoms with Crippen molar-refractivity contribution in [2.45, 2.75) is 44.4 Å². The Hall–Kier alpha value is -1.39. The molecule has 0 amide bonds. The van der Waals surface area contributed by atoms with Gasteiger partial charge in [-0.05, 0) is 25.8 Å². The minimum atomic E-state index is 0. The first-order valence-electron chi connectivity index (χ1n) is 9.69. The first-order chi connectivity index (χ1) is 12.2. The van der Waals surface area contributed by atoms with Crippen molar-refractivity contribution in [1.82, 2.24) is 4.98 Å². The number of ether oxygens (including phenoxy) is 1. The van der Waals surface area contributed by atoms with Crippen LogP contribution in [0.3, 0.4) is 0 Å². The number of rotatable bonds is 4. The Morgan fingerprint density at radius 1 is 1.08 bits per heavy atom. The molecule has 1 aromatic heterocycles. The van der Waals surface area contributed by atoms with Crippen LogP contribution in [-0.2, 0) is 6.54 Å². The maximum absolute atomic E-state index is 6.44. The van der Waals surface area contributed by atoms with Crippen molar-refractivity contribution in [1.29, 1.82) is 0 Å². The zero-order valence-electron chi connectivity index (χ0n) is 15.4.